The van der Waals surface area contributed by atoms with E-state index in [0.29, 0.717) is 11.6 Å². The zero-order valence-electron chi connectivity index (χ0n) is 16.3. The molecule has 0 aliphatic rings. The topological polar surface area (TPSA) is 69.2 Å². The molecule has 0 saturated heterocycles. The van der Waals surface area contributed by atoms with Gasteiger partial charge in [0.15, 0.2) is 10.9 Å². The van der Waals surface area contributed by atoms with E-state index in [-0.39, 0.29) is 0 Å². The molecule has 1 N–H and O–H groups in total. The van der Waals surface area contributed by atoms with Gasteiger partial charge in [-0.25, -0.2) is 15.0 Å². The van der Waals surface area contributed by atoms with Crippen molar-refractivity contribution >= 4 is 32.5 Å². The monoisotopic (exact) mass is 394 g/mol. The van der Waals surface area contributed by atoms with E-state index in [4.69, 9.17) is 9.47 Å². The van der Waals surface area contributed by atoms with Gasteiger partial charge < -0.3 is 14.8 Å². The number of fused-ring (bicyclic) bond motifs is 1. The zero-order valence-corrected chi connectivity index (χ0v) is 17.1. The van der Waals surface area contributed by atoms with Crippen molar-refractivity contribution in [2.45, 2.75) is 13.8 Å². The van der Waals surface area contributed by atoms with Gasteiger partial charge in [0.1, 0.15) is 5.82 Å². The maximum Gasteiger partial charge on any atom is 0.256 e. The van der Waals surface area contributed by atoms with Crippen LogP contribution in [0.25, 0.3) is 21.3 Å². The molecule has 0 unspecified atom stereocenters. The molecule has 1 aromatic carbocycles. The molecule has 4 aromatic rings. The second-order valence-electron chi connectivity index (χ2n) is 5.48. The number of ether oxygens (including phenoxy) is 2. The number of rotatable bonds is 5. The minimum Gasteiger partial charge on any atom is -0.491 e. The van der Waals surface area contributed by atoms with Crippen LogP contribution in [-0.4, -0.2) is 29.2 Å². The van der Waals surface area contributed by atoms with E-state index in [0.717, 1.165) is 32.3 Å². The number of hydrogen-bond donors (Lipinski definition) is 1. The number of anilines is 2. The number of thiazole rings is 1. The summed E-state index contributed by atoms with van der Waals surface area (Å²) in [6.45, 7) is 4.00. The zero-order chi connectivity index (χ0) is 19.9. The number of aromatic nitrogens is 3. The first-order valence-corrected chi connectivity index (χ1v) is 9.75. The van der Waals surface area contributed by atoms with Crippen molar-refractivity contribution in [3.8, 4) is 22.8 Å². The highest BCUT2D eigenvalue weighted by atomic mass is 32.1. The molecule has 0 bridgehead atoms. The van der Waals surface area contributed by atoms with Gasteiger partial charge in [-0.1, -0.05) is 37.3 Å². The van der Waals surface area contributed by atoms with Crippen molar-refractivity contribution in [2.75, 3.05) is 19.5 Å². The molecule has 3 heterocycles. The van der Waals surface area contributed by atoms with Crippen LogP contribution in [0.4, 0.5) is 10.9 Å². The van der Waals surface area contributed by atoms with Gasteiger partial charge in [0.25, 0.3) is 5.88 Å². The molecule has 0 fully saturated rings. The van der Waals surface area contributed by atoms with Crippen LogP contribution >= 0.6 is 11.3 Å². The fourth-order valence-electron chi connectivity index (χ4n) is 2.59. The summed E-state index contributed by atoms with van der Waals surface area (Å²) < 4.78 is 11.6. The predicted molar refractivity (Wildman–Crippen MR) is 115 cm³/mol. The maximum absolute atomic E-state index is 5.34. The van der Waals surface area contributed by atoms with Crippen molar-refractivity contribution in [3.63, 3.8) is 0 Å². The molecule has 0 aliphatic carbocycles. The lowest BCUT2D eigenvalue weighted by atomic mass is 10.1. The third-order valence-corrected chi connectivity index (χ3v) is 4.79. The van der Waals surface area contributed by atoms with Gasteiger partial charge in [-0.2, -0.15) is 0 Å². The number of benzene rings is 1. The van der Waals surface area contributed by atoms with Gasteiger partial charge in [0.05, 0.1) is 24.4 Å². The molecule has 0 amide bonds. The second kappa shape index (κ2) is 9.14. The molecule has 0 saturated carbocycles. The summed E-state index contributed by atoms with van der Waals surface area (Å²) in [5.74, 6) is 1.85. The number of nitrogens with zero attached hydrogens (tertiary/aromatic N) is 3. The summed E-state index contributed by atoms with van der Waals surface area (Å²) in [5.41, 5.74) is 2.93. The molecular formula is C21H22N4O2S. The Labute approximate surface area is 168 Å². The molecule has 7 heteroatoms. The molecule has 3 aromatic heterocycles. The lowest BCUT2D eigenvalue weighted by molar-refractivity contribution is 0.343. The van der Waals surface area contributed by atoms with E-state index in [1.54, 1.807) is 38.0 Å². The Morgan fingerprint density at radius 1 is 0.929 bits per heavy atom. The van der Waals surface area contributed by atoms with Gasteiger partial charge in [-0.3, -0.25) is 0 Å². The quantitative estimate of drug-likeness (QED) is 0.479. The van der Waals surface area contributed by atoms with E-state index in [2.05, 4.69) is 26.3 Å². The third-order valence-electron chi connectivity index (χ3n) is 3.85. The van der Waals surface area contributed by atoms with Crippen LogP contribution in [0.1, 0.15) is 13.8 Å². The van der Waals surface area contributed by atoms with Crippen LogP contribution in [-0.2, 0) is 0 Å². The van der Waals surface area contributed by atoms with E-state index < -0.39 is 0 Å². The fraction of sp³-hybridized carbons (Fsp3) is 0.190. The SMILES string of the molecule is CC.COc1cc(-c2ccc3nc(Nc4ccccn4)sc3c2)cnc1OC. The molecule has 0 radical (unpaired) electrons. The molecule has 4 rings (SSSR count). The minimum absolute atomic E-state index is 0.469. The van der Waals surface area contributed by atoms with Crippen LogP contribution in [0.15, 0.2) is 54.9 Å². The third kappa shape index (κ3) is 4.20. The van der Waals surface area contributed by atoms with Gasteiger partial charge in [0.2, 0.25) is 0 Å². The summed E-state index contributed by atoms with van der Waals surface area (Å²) in [5, 5.41) is 4.04. The number of pyridine rings is 2. The molecule has 28 heavy (non-hydrogen) atoms. The van der Waals surface area contributed by atoms with Crippen molar-refractivity contribution in [1.29, 1.82) is 0 Å². The smallest absolute Gasteiger partial charge is 0.256 e. The molecular weight excluding hydrogens is 372 g/mol. The first kappa shape index (κ1) is 19.6. The summed E-state index contributed by atoms with van der Waals surface area (Å²) in [6, 6.07) is 13.8. The van der Waals surface area contributed by atoms with Gasteiger partial charge in [0, 0.05) is 18.0 Å². The Morgan fingerprint density at radius 3 is 2.50 bits per heavy atom. The Bertz CT molecular complexity index is 1050. The molecule has 6 nitrogen and oxygen atoms in total. The van der Waals surface area contributed by atoms with Crippen molar-refractivity contribution in [2.24, 2.45) is 0 Å². The van der Waals surface area contributed by atoms with Crippen LogP contribution in [0.5, 0.6) is 11.6 Å². The Balaban J connectivity index is 0.00000109. The lowest BCUT2D eigenvalue weighted by Crippen LogP contribution is -1.93. The van der Waals surface area contributed by atoms with Gasteiger partial charge in [-0.15, -0.1) is 0 Å². The first-order valence-electron chi connectivity index (χ1n) is 8.94. The summed E-state index contributed by atoms with van der Waals surface area (Å²) in [6.07, 6.45) is 3.52. The van der Waals surface area contributed by atoms with Crippen LogP contribution in [0, 0.1) is 0 Å². The van der Waals surface area contributed by atoms with Crippen molar-refractivity contribution < 1.29 is 9.47 Å². The van der Waals surface area contributed by atoms with Gasteiger partial charge >= 0.3 is 0 Å². The normalized spacial score (nSPS) is 10.1. The standard InChI is InChI=1S/C19H16N4O2S.C2H6/c1-24-15-9-13(11-21-18(15)25-2)12-6-7-14-16(10-12)26-19(22-14)23-17-5-3-4-8-20-17;1-2/h3-11H,1-2H3,(H,20,22,23);1-2H3. The summed E-state index contributed by atoms with van der Waals surface area (Å²) in [4.78, 5) is 13.2. The van der Waals surface area contributed by atoms with Crippen molar-refractivity contribution in [3.05, 3.63) is 54.9 Å². The molecule has 144 valence electrons. The number of hydrogen-bond acceptors (Lipinski definition) is 7. The largest absolute Gasteiger partial charge is 0.491 e. The van der Waals surface area contributed by atoms with Crippen LogP contribution in [0.3, 0.4) is 0 Å². The maximum atomic E-state index is 5.34. The average Bonchev–Trinajstić information content (AvgIpc) is 3.16. The highest BCUT2D eigenvalue weighted by Gasteiger charge is 2.10. The number of nitrogens with one attached hydrogen (secondary N) is 1. The molecule has 0 aliphatic heterocycles. The van der Waals surface area contributed by atoms with Gasteiger partial charge in [-0.05, 0) is 35.9 Å². The average molecular weight is 395 g/mol. The first-order chi connectivity index (χ1) is 13.8. The van der Waals surface area contributed by atoms with E-state index >= 15 is 0 Å². The highest BCUT2D eigenvalue weighted by molar-refractivity contribution is 7.22. The Kier molecular flexibility index (Phi) is 6.39. The predicted octanol–water partition coefficient (Wildman–Crippen LogP) is 5.54. The van der Waals surface area contributed by atoms with Crippen LogP contribution in [0.2, 0.25) is 0 Å². The molecule has 0 spiro atoms. The van der Waals surface area contributed by atoms with E-state index in [1.165, 1.54) is 0 Å². The van der Waals surface area contributed by atoms with Crippen molar-refractivity contribution in [1.82, 2.24) is 15.0 Å². The van der Waals surface area contributed by atoms with E-state index in [9.17, 15) is 0 Å². The number of methoxy groups -OCH3 is 2. The Hall–Kier alpha value is -3.19. The van der Waals surface area contributed by atoms with Crippen LogP contribution < -0.4 is 14.8 Å². The highest BCUT2D eigenvalue weighted by Crippen LogP contribution is 2.34. The summed E-state index contributed by atoms with van der Waals surface area (Å²) >= 11 is 1.58. The fourth-order valence-corrected chi connectivity index (χ4v) is 3.51. The Morgan fingerprint density at radius 2 is 1.79 bits per heavy atom. The summed E-state index contributed by atoms with van der Waals surface area (Å²) in [7, 11) is 3.18. The minimum atomic E-state index is 0.469. The molecule has 0 atom stereocenters. The lowest BCUT2D eigenvalue weighted by Gasteiger charge is -2.08. The second-order valence-corrected chi connectivity index (χ2v) is 6.51. The van der Waals surface area contributed by atoms with E-state index in [1.807, 2.05) is 50.2 Å².